The van der Waals surface area contributed by atoms with Crippen LogP contribution in [0.25, 0.3) is 11.8 Å². The Bertz CT molecular complexity index is 2060. The van der Waals surface area contributed by atoms with Crippen molar-refractivity contribution in [1.29, 1.82) is 0 Å². The Morgan fingerprint density at radius 2 is 1.82 bits per heavy atom. The number of hydrogen-bond donors (Lipinski definition) is 0. The van der Waals surface area contributed by atoms with Gasteiger partial charge in [-0.1, -0.05) is 53.8 Å². The Morgan fingerprint density at radius 1 is 1.05 bits per heavy atom. The van der Waals surface area contributed by atoms with Gasteiger partial charge in [-0.3, -0.25) is 9.36 Å². The molecule has 4 heterocycles. The summed E-state index contributed by atoms with van der Waals surface area (Å²) in [5.74, 6) is 0.547. The number of furan rings is 1. The standard InChI is InChI=1S/C33H28N4O5S2/c1-5-41-31(39)27-28(21-10-7-6-8-11-21)36-33-37(29(27)22-12-9-13-23(17-22)40-4)30(38)25(43-33)18-24-14-15-26(42-24)44-32-34-19(2)16-20(3)35-32/h6-18,29H,5H2,1-4H3/b25-18+/t29-/m1/s1. The van der Waals surface area contributed by atoms with Crippen molar-refractivity contribution in [2.75, 3.05) is 13.7 Å². The van der Waals surface area contributed by atoms with Gasteiger partial charge in [-0.05, 0) is 68.4 Å². The third-order valence-electron chi connectivity index (χ3n) is 6.81. The van der Waals surface area contributed by atoms with Gasteiger partial charge in [0.2, 0.25) is 0 Å². The number of carbonyl (C=O) groups excluding carboxylic acids is 1. The molecule has 1 aliphatic heterocycles. The van der Waals surface area contributed by atoms with Gasteiger partial charge in [0.25, 0.3) is 5.56 Å². The molecular weight excluding hydrogens is 597 g/mol. The molecule has 1 atom stereocenters. The van der Waals surface area contributed by atoms with Gasteiger partial charge >= 0.3 is 5.97 Å². The molecule has 44 heavy (non-hydrogen) atoms. The molecule has 0 saturated carbocycles. The zero-order valence-electron chi connectivity index (χ0n) is 24.4. The van der Waals surface area contributed by atoms with Crippen LogP contribution in [-0.4, -0.2) is 34.2 Å². The van der Waals surface area contributed by atoms with Gasteiger partial charge in [0.1, 0.15) is 11.5 Å². The van der Waals surface area contributed by atoms with Crippen molar-refractivity contribution in [3.63, 3.8) is 0 Å². The van der Waals surface area contributed by atoms with E-state index in [0.717, 1.165) is 17.0 Å². The van der Waals surface area contributed by atoms with Gasteiger partial charge in [0, 0.05) is 23.0 Å². The zero-order valence-corrected chi connectivity index (χ0v) is 26.1. The molecule has 9 nitrogen and oxygen atoms in total. The first kappa shape index (κ1) is 29.3. The average molecular weight is 625 g/mol. The van der Waals surface area contributed by atoms with E-state index in [2.05, 4.69) is 9.97 Å². The van der Waals surface area contributed by atoms with Crippen LogP contribution in [0.2, 0.25) is 0 Å². The van der Waals surface area contributed by atoms with E-state index in [0.29, 0.717) is 42.4 Å². The second-order valence-corrected chi connectivity index (χ2v) is 11.9. The number of rotatable bonds is 8. The Kier molecular flexibility index (Phi) is 8.32. The maximum absolute atomic E-state index is 14.1. The third kappa shape index (κ3) is 5.88. The second-order valence-electron chi connectivity index (χ2n) is 9.90. The predicted octanol–water partition coefficient (Wildman–Crippen LogP) is 5.10. The summed E-state index contributed by atoms with van der Waals surface area (Å²) in [5.41, 5.74) is 3.59. The summed E-state index contributed by atoms with van der Waals surface area (Å²) in [5, 5.41) is 1.18. The van der Waals surface area contributed by atoms with Gasteiger partial charge in [-0.25, -0.2) is 19.8 Å². The Labute approximate surface area is 261 Å². The van der Waals surface area contributed by atoms with Crippen LogP contribution in [0.15, 0.2) is 103 Å². The van der Waals surface area contributed by atoms with Gasteiger partial charge in [-0.15, -0.1) is 0 Å². The van der Waals surface area contributed by atoms with Crippen LogP contribution in [0, 0.1) is 13.8 Å². The SMILES string of the molecule is CCOC(=O)C1=C(c2ccccc2)N=c2s/c(=C/c3ccc(Sc4nc(C)cc(C)n4)o3)c(=O)n2[C@@H]1c1cccc(OC)c1. The summed E-state index contributed by atoms with van der Waals surface area (Å²) < 4.78 is 19.0. The van der Waals surface area contributed by atoms with Crippen LogP contribution in [0.3, 0.4) is 0 Å². The lowest BCUT2D eigenvalue weighted by molar-refractivity contribution is -0.138. The summed E-state index contributed by atoms with van der Waals surface area (Å²) in [6.07, 6.45) is 1.69. The molecule has 0 fully saturated rings. The minimum atomic E-state index is -0.804. The molecule has 2 aromatic carbocycles. The normalized spacial score (nSPS) is 14.7. The number of methoxy groups -OCH3 is 1. The number of ether oxygens (including phenoxy) is 2. The summed E-state index contributed by atoms with van der Waals surface area (Å²) in [4.78, 5) is 42.0. The largest absolute Gasteiger partial charge is 0.497 e. The molecule has 0 aliphatic carbocycles. The highest BCUT2D eigenvalue weighted by atomic mass is 32.2. The van der Waals surface area contributed by atoms with E-state index in [1.807, 2.05) is 80.6 Å². The zero-order chi connectivity index (χ0) is 30.8. The van der Waals surface area contributed by atoms with Crippen molar-refractivity contribution < 1.29 is 18.7 Å². The van der Waals surface area contributed by atoms with E-state index in [4.69, 9.17) is 18.9 Å². The number of nitrogens with zero attached hydrogens (tertiary/aromatic N) is 4. The first-order chi connectivity index (χ1) is 21.3. The fraction of sp³-hybridized carbons (Fsp3) is 0.182. The van der Waals surface area contributed by atoms with Crippen LogP contribution in [0.1, 0.15) is 41.2 Å². The highest BCUT2D eigenvalue weighted by Gasteiger charge is 2.35. The number of aromatic nitrogens is 3. The lowest BCUT2D eigenvalue weighted by Crippen LogP contribution is -2.40. The van der Waals surface area contributed by atoms with Crippen molar-refractivity contribution in [3.05, 3.63) is 126 Å². The molecule has 0 saturated heterocycles. The molecule has 6 rings (SSSR count). The highest BCUT2D eigenvalue weighted by Crippen LogP contribution is 2.36. The maximum Gasteiger partial charge on any atom is 0.338 e. The van der Waals surface area contributed by atoms with E-state index in [1.165, 1.54) is 23.1 Å². The van der Waals surface area contributed by atoms with Crippen LogP contribution < -0.4 is 19.6 Å². The maximum atomic E-state index is 14.1. The van der Waals surface area contributed by atoms with Crippen LogP contribution in [-0.2, 0) is 9.53 Å². The summed E-state index contributed by atoms with van der Waals surface area (Å²) >= 11 is 2.54. The van der Waals surface area contributed by atoms with Crippen LogP contribution in [0.4, 0.5) is 0 Å². The molecule has 222 valence electrons. The molecular formula is C33H28N4O5S2. The fourth-order valence-corrected chi connectivity index (χ4v) is 6.81. The quantitative estimate of drug-likeness (QED) is 0.173. The Morgan fingerprint density at radius 3 is 2.55 bits per heavy atom. The molecule has 0 N–H and O–H groups in total. The fourth-order valence-electron chi connectivity index (χ4n) is 4.99. The predicted molar refractivity (Wildman–Crippen MR) is 168 cm³/mol. The third-order valence-corrected chi connectivity index (χ3v) is 8.58. The molecule has 0 unspecified atom stereocenters. The molecule has 5 aromatic rings. The van der Waals surface area contributed by atoms with E-state index in [9.17, 15) is 9.59 Å². The van der Waals surface area contributed by atoms with Crippen molar-refractivity contribution in [2.45, 2.75) is 37.1 Å². The van der Waals surface area contributed by atoms with Crippen molar-refractivity contribution >= 4 is 40.8 Å². The van der Waals surface area contributed by atoms with Gasteiger partial charge in [0.05, 0.1) is 35.6 Å². The molecule has 0 radical (unpaired) electrons. The topological polar surface area (TPSA) is 109 Å². The van der Waals surface area contributed by atoms with Gasteiger partial charge < -0.3 is 13.9 Å². The van der Waals surface area contributed by atoms with E-state index in [1.54, 1.807) is 30.7 Å². The van der Waals surface area contributed by atoms with Gasteiger partial charge in [0.15, 0.2) is 15.1 Å². The molecule has 0 spiro atoms. The summed E-state index contributed by atoms with van der Waals surface area (Å²) in [7, 11) is 1.57. The highest BCUT2D eigenvalue weighted by molar-refractivity contribution is 7.99. The number of aryl methyl sites for hydroxylation is 2. The summed E-state index contributed by atoms with van der Waals surface area (Å²) in [6.45, 7) is 5.76. The molecule has 0 amide bonds. The monoisotopic (exact) mass is 624 g/mol. The lowest BCUT2D eigenvalue weighted by Gasteiger charge is -2.26. The number of esters is 1. The van der Waals surface area contributed by atoms with E-state index >= 15 is 0 Å². The van der Waals surface area contributed by atoms with Gasteiger partial charge in [-0.2, -0.15) is 0 Å². The van der Waals surface area contributed by atoms with Crippen molar-refractivity contribution in [2.24, 2.45) is 4.99 Å². The van der Waals surface area contributed by atoms with Crippen LogP contribution >= 0.6 is 23.1 Å². The first-order valence-electron chi connectivity index (χ1n) is 13.9. The molecule has 1 aliphatic rings. The number of benzene rings is 2. The molecule has 11 heteroatoms. The van der Waals surface area contributed by atoms with E-state index in [-0.39, 0.29) is 17.7 Å². The number of carbonyl (C=O) groups is 1. The Hall–Kier alpha value is -4.74. The number of thiazole rings is 1. The average Bonchev–Trinajstić information content (AvgIpc) is 3.59. The minimum Gasteiger partial charge on any atom is -0.497 e. The van der Waals surface area contributed by atoms with Crippen molar-refractivity contribution in [1.82, 2.24) is 14.5 Å². The van der Waals surface area contributed by atoms with Crippen LogP contribution in [0.5, 0.6) is 5.75 Å². The summed E-state index contributed by atoms with van der Waals surface area (Å²) in [6, 6.07) is 21.5. The minimum absolute atomic E-state index is 0.172. The molecule has 3 aromatic heterocycles. The Balaban J connectivity index is 1.51. The lowest BCUT2D eigenvalue weighted by atomic mass is 9.93. The first-order valence-corrected chi connectivity index (χ1v) is 15.5. The molecule has 0 bridgehead atoms. The number of fused-ring (bicyclic) bond motifs is 1. The van der Waals surface area contributed by atoms with E-state index < -0.39 is 12.0 Å². The second kappa shape index (κ2) is 12.5. The number of hydrogen-bond acceptors (Lipinski definition) is 10. The van der Waals surface area contributed by atoms with Crippen molar-refractivity contribution in [3.8, 4) is 5.75 Å². The smallest absolute Gasteiger partial charge is 0.338 e.